The molecule has 0 unspecified atom stereocenters. The number of carbonyl (C=O) groups is 1. The first kappa shape index (κ1) is 11.5. The summed E-state index contributed by atoms with van der Waals surface area (Å²) in [5.41, 5.74) is -0.511. The predicted molar refractivity (Wildman–Crippen MR) is 55.1 cm³/mol. The molecule has 1 aromatic carbocycles. The Morgan fingerprint density at radius 3 is 2.71 bits per heavy atom. The Hall–Kier alpha value is -2.02. The van der Waals surface area contributed by atoms with E-state index in [2.05, 4.69) is 5.32 Å². The van der Waals surface area contributed by atoms with Crippen molar-refractivity contribution in [3.8, 4) is 0 Å². The average molecular weight is 240 g/mol. The van der Waals surface area contributed by atoms with E-state index in [9.17, 15) is 19.3 Å². The van der Waals surface area contributed by atoms with E-state index in [1.165, 1.54) is 0 Å². The normalized spacial score (nSPS) is 15.1. The van der Waals surface area contributed by atoms with Gasteiger partial charge in [0, 0.05) is 11.6 Å². The zero-order valence-corrected chi connectivity index (χ0v) is 8.68. The molecule has 0 spiro atoms. The molecule has 1 saturated heterocycles. The minimum Gasteiger partial charge on any atom is -0.377 e. The summed E-state index contributed by atoms with van der Waals surface area (Å²) in [6.07, 6.45) is 0. The van der Waals surface area contributed by atoms with Crippen LogP contribution in [0.4, 0.5) is 10.1 Å². The van der Waals surface area contributed by atoms with Crippen LogP contribution >= 0.6 is 0 Å². The first-order valence-corrected chi connectivity index (χ1v) is 4.90. The van der Waals surface area contributed by atoms with Crippen LogP contribution in [0.3, 0.4) is 0 Å². The highest BCUT2D eigenvalue weighted by atomic mass is 19.1. The van der Waals surface area contributed by atoms with E-state index in [1.807, 2.05) is 0 Å². The number of rotatable bonds is 3. The largest absolute Gasteiger partial charge is 0.377 e. The molecule has 90 valence electrons. The molecule has 0 aliphatic carbocycles. The van der Waals surface area contributed by atoms with Gasteiger partial charge in [-0.15, -0.1) is 0 Å². The van der Waals surface area contributed by atoms with Crippen LogP contribution in [0.2, 0.25) is 0 Å². The van der Waals surface area contributed by atoms with Crippen LogP contribution in [-0.2, 0) is 4.74 Å². The fourth-order valence-corrected chi connectivity index (χ4v) is 1.40. The Morgan fingerprint density at radius 2 is 2.18 bits per heavy atom. The summed E-state index contributed by atoms with van der Waals surface area (Å²) in [5.74, 6) is -1.35. The monoisotopic (exact) mass is 240 g/mol. The first-order valence-electron chi connectivity index (χ1n) is 4.90. The van der Waals surface area contributed by atoms with E-state index in [-0.39, 0.29) is 11.6 Å². The lowest BCUT2D eigenvalue weighted by Gasteiger charge is -2.26. The zero-order valence-electron chi connectivity index (χ0n) is 8.68. The molecule has 0 aromatic heterocycles. The molecule has 0 saturated carbocycles. The van der Waals surface area contributed by atoms with Crippen LogP contribution in [0.1, 0.15) is 10.4 Å². The van der Waals surface area contributed by atoms with Crippen molar-refractivity contribution < 1.29 is 18.8 Å². The van der Waals surface area contributed by atoms with Gasteiger partial charge >= 0.3 is 0 Å². The number of hydrogen-bond donors (Lipinski definition) is 1. The number of benzene rings is 1. The second kappa shape index (κ2) is 4.46. The second-order valence-corrected chi connectivity index (χ2v) is 3.66. The van der Waals surface area contributed by atoms with Gasteiger partial charge in [0.05, 0.1) is 30.2 Å². The van der Waals surface area contributed by atoms with Crippen LogP contribution in [0, 0.1) is 15.9 Å². The first-order chi connectivity index (χ1) is 8.06. The topological polar surface area (TPSA) is 81.5 Å². The van der Waals surface area contributed by atoms with Crippen LogP contribution in [-0.4, -0.2) is 30.1 Å². The number of nitro groups is 1. The van der Waals surface area contributed by atoms with Crippen molar-refractivity contribution in [3.63, 3.8) is 0 Å². The minimum atomic E-state index is -0.811. The third kappa shape index (κ3) is 2.56. The predicted octanol–water partition coefficient (Wildman–Crippen LogP) is 0.862. The number of nitro benzene ring substituents is 1. The van der Waals surface area contributed by atoms with Gasteiger partial charge < -0.3 is 10.1 Å². The molecule has 1 aromatic rings. The maximum atomic E-state index is 13.1. The van der Waals surface area contributed by atoms with Crippen molar-refractivity contribution >= 4 is 11.6 Å². The molecule has 1 N–H and O–H groups in total. The van der Waals surface area contributed by atoms with Crippen molar-refractivity contribution in [2.75, 3.05) is 13.2 Å². The van der Waals surface area contributed by atoms with E-state index >= 15 is 0 Å². The molecule has 2 rings (SSSR count). The Morgan fingerprint density at radius 1 is 1.47 bits per heavy atom. The maximum Gasteiger partial charge on any atom is 0.273 e. The van der Waals surface area contributed by atoms with Crippen LogP contribution in [0.25, 0.3) is 0 Å². The maximum absolute atomic E-state index is 13.1. The number of carbonyl (C=O) groups excluding carboxylic acids is 1. The molecule has 0 atom stereocenters. The van der Waals surface area contributed by atoms with Crippen LogP contribution in [0.5, 0.6) is 0 Å². The molecular formula is C10H9FN2O4. The Labute approximate surface area is 95.5 Å². The molecule has 1 fully saturated rings. The molecule has 6 nitrogen and oxygen atoms in total. The quantitative estimate of drug-likeness (QED) is 0.627. The number of nitrogens with zero attached hydrogens (tertiary/aromatic N) is 1. The Bertz CT molecular complexity index is 473. The van der Waals surface area contributed by atoms with E-state index in [0.717, 1.165) is 18.2 Å². The van der Waals surface area contributed by atoms with Gasteiger partial charge in [0.25, 0.3) is 11.6 Å². The minimum absolute atomic E-state index is 0.0661. The molecule has 1 heterocycles. The molecule has 1 amide bonds. The summed E-state index contributed by atoms with van der Waals surface area (Å²) < 4.78 is 17.9. The summed E-state index contributed by atoms with van der Waals surface area (Å²) in [6, 6.07) is 2.66. The molecular weight excluding hydrogens is 231 g/mol. The number of amides is 1. The van der Waals surface area contributed by atoms with Crippen molar-refractivity contribution in [1.29, 1.82) is 0 Å². The van der Waals surface area contributed by atoms with Gasteiger partial charge in [-0.2, -0.15) is 0 Å². The van der Waals surface area contributed by atoms with Gasteiger partial charge in [0.2, 0.25) is 0 Å². The van der Waals surface area contributed by atoms with Crippen molar-refractivity contribution in [3.05, 3.63) is 39.7 Å². The molecule has 0 bridgehead atoms. The van der Waals surface area contributed by atoms with Gasteiger partial charge in [-0.05, 0) is 6.07 Å². The highest BCUT2D eigenvalue weighted by Crippen LogP contribution is 2.16. The number of ether oxygens (including phenoxy) is 1. The summed E-state index contributed by atoms with van der Waals surface area (Å²) in [6.45, 7) is 0.812. The van der Waals surface area contributed by atoms with Gasteiger partial charge in [0.1, 0.15) is 5.82 Å². The van der Waals surface area contributed by atoms with Crippen LogP contribution < -0.4 is 5.32 Å². The van der Waals surface area contributed by atoms with E-state index in [0.29, 0.717) is 13.2 Å². The molecule has 1 aliphatic heterocycles. The summed E-state index contributed by atoms with van der Waals surface area (Å²) in [5, 5.41) is 13.1. The number of hydrogen-bond acceptors (Lipinski definition) is 4. The number of non-ortho nitro benzene ring substituents is 1. The SMILES string of the molecule is O=C(NC1COC1)c1cc(F)cc([N+](=O)[O-])c1. The fourth-order valence-electron chi connectivity index (χ4n) is 1.40. The summed E-state index contributed by atoms with van der Waals surface area (Å²) in [4.78, 5) is 21.4. The second-order valence-electron chi connectivity index (χ2n) is 3.66. The lowest BCUT2D eigenvalue weighted by Crippen LogP contribution is -2.48. The third-order valence-electron chi connectivity index (χ3n) is 2.33. The standard InChI is InChI=1S/C10H9FN2O4/c11-7-1-6(2-9(3-7)13(15)16)10(14)12-8-4-17-5-8/h1-3,8H,4-5H2,(H,12,14). The van der Waals surface area contributed by atoms with Crippen molar-refractivity contribution in [2.24, 2.45) is 0 Å². The lowest BCUT2D eigenvalue weighted by atomic mass is 10.1. The molecule has 1 aliphatic rings. The molecule has 0 radical (unpaired) electrons. The Balaban J connectivity index is 2.18. The van der Waals surface area contributed by atoms with Gasteiger partial charge in [0.15, 0.2) is 0 Å². The van der Waals surface area contributed by atoms with Crippen LogP contribution in [0.15, 0.2) is 18.2 Å². The fraction of sp³-hybridized carbons (Fsp3) is 0.300. The molecule has 17 heavy (non-hydrogen) atoms. The smallest absolute Gasteiger partial charge is 0.273 e. The molecule has 7 heteroatoms. The Kier molecular flexibility index (Phi) is 3.01. The average Bonchev–Trinajstić information content (AvgIpc) is 2.22. The van der Waals surface area contributed by atoms with E-state index in [4.69, 9.17) is 4.74 Å². The van der Waals surface area contributed by atoms with Gasteiger partial charge in [-0.1, -0.05) is 0 Å². The highest BCUT2D eigenvalue weighted by Gasteiger charge is 2.22. The highest BCUT2D eigenvalue weighted by molar-refractivity contribution is 5.95. The van der Waals surface area contributed by atoms with Gasteiger partial charge in [-0.3, -0.25) is 14.9 Å². The third-order valence-corrected chi connectivity index (χ3v) is 2.33. The van der Waals surface area contributed by atoms with E-state index < -0.39 is 22.3 Å². The summed E-state index contributed by atoms with van der Waals surface area (Å²) in [7, 11) is 0. The summed E-state index contributed by atoms with van der Waals surface area (Å²) >= 11 is 0. The van der Waals surface area contributed by atoms with Crippen molar-refractivity contribution in [1.82, 2.24) is 5.32 Å². The number of halogens is 1. The lowest BCUT2D eigenvalue weighted by molar-refractivity contribution is -0.385. The van der Waals surface area contributed by atoms with Crippen molar-refractivity contribution in [2.45, 2.75) is 6.04 Å². The number of nitrogens with one attached hydrogen (secondary N) is 1. The van der Waals surface area contributed by atoms with Gasteiger partial charge in [-0.25, -0.2) is 4.39 Å². The van der Waals surface area contributed by atoms with E-state index in [1.54, 1.807) is 0 Å². The zero-order chi connectivity index (χ0) is 12.4.